The number of ether oxygens (including phenoxy) is 1. The zero-order valence-electron chi connectivity index (χ0n) is 11.8. The van der Waals surface area contributed by atoms with E-state index in [2.05, 4.69) is 24.3 Å². The third kappa shape index (κ3) is 3.38. The number of hydrogen-bond acceptors (Lipinski definition) is 1. The highest BCUT2D eigenvalue weighted by Crippen LogP contribution is 2.32. The van der Waals surface area contributed by atoms with Crippen LogP contribution in [0.1, 0.15) is 35.4 Å². The van der Waals surface area contributed by atoms with E-state index in [-0.39, 0.29) is 5.82 Å². The SMILES string of the molecule is Fc1cc(CCl)cc(OCC2CCCc3ccccc32)c1. The second-order valence-electron chi connectivity index (χ2n) is 5.53. The van der Waals surface area contributed by atoms with Crippen molar-refractivity contribution in [3.63, 3.8) is 0 Å². The quantitative estimate of drug-likeness (QED) is 0.717. The topological polar surface area (TPSA) is 9.23 Å². The number of hydrogen-bond donors (Lipinski definition) is 0. The van der Waals surface area contributed by atoms with Gasteiger partial charge in [-0.3, -0.25) is 0 Å². The Morgan fingerprint density at radius 3 is 2.90 bits per heavy atom. The average Bonchev–Trinajstić information content (AvgIpc) is 2.52. The molecule has 1 nitrogen and oxygen atoms in total. The van der Waals surface area contributed by atoms with Gasteiger partial charge in [-0.25, -0.2) is 4.39 Å². The maximum absolute atomic E-state index is 13.5. The summed E-state index contributed by atoms with van der Waals surface area (Å²) in [7, 11) is 0. The maximum atomic E-state index is 13.5. The van der Waals surface area contributed by atoms with Crippen LogP contribution in [0.3, 0.4) is 0 Å². The lowest BCUT2D eigenvalue weighted by Crippen LogP contribution is -2.16. The number of fused-ring (bicyclic) bond motifs is 1. The predicted molar refractivity (Wildman–Crippen MR) is 83.6 cm³/mol. The minimum Gasteiger partial charge on any atom is -0.493 e. The fraction of sp³-hybridized carbons (Fsp3) is 0.333. The molecular weight excluding hydrogens is 287 g/mol. The van der Waals surface area contributed by atoms with E-state index in [9.17, 15) is 4.39 Å². The molecule has 0 aliphatic heterocycles. The molecule has 0 fully saturated rings. The zero-order valence-corrected chi connectivity index (χ0v) is 12.6. The Kier molecular flexibility index (Phi) is 4.45. The van der Waals surface area contributed by atoms with E-state index in [4.69, 9.17) is 16.3 Å². The smallest absolute Gasteiger partial charge is 0.127 e. The first-order valence-electron chi connectivity index (χ1n) is 7.32. The molecule has 110 valence electrons. The van der Waals surface area contributed by atoms with Crippen LogP contribution in [0.2, 0.25) is 0 Å². The predicted octanol–water partition coefficient (Wildman–Crippen LogP) is 5.06. The van der Waals surface area contributed by atoms with Crippen molar-refractivity contribution in [3.05, 3.63) is 65.0 Å². The normalized spacial score (nSPS) is 17.3. The molecule has 3 heteroatoms. The third-order valence-corrected chi connectivity index (χ3v) is 4.34. The van der Waals surface area contributed by atoms with Crippen LogP contribution in [0.4, 0.5) is 4.39 Å². The zero-order chi connectivity index (χ0) is 14.7. The van der Waals surface area contributed by atoms with Gasteiger partial charge in [0.05, 0.1) is 6.61 Å². The summed E-state index contributed by atoms with van der Waals surface area (Å²) in [6.07, 6.45) is 3.44. The van der Waals surface area contributed by atoms with Gasteiger partial charge in [0.25, 0.3) is 0 Å². The second-order valence-corrected chi connectivity index (χ2v) is 5.80. The van der Waals surface area contributed by atoms with Crippen molar-refractivity contribution in [1.29, 1.82) is 0 Å². The summed E-state index contributed by atoms with van der Waals surface area (Å²) in [6.45, 7) is 0.586. The van der Waals surface area contributed by atoms with Crippen molar-refractivity contribution in [2.75, 3.05) is 6.61 Å². The summed E-state index contributed by atoms with van der Waals surface area (Å²) >= 11 is 5.76. The summed E-state index contributed by atoms with van der Waals surface area (Å²) < 4.78 is 19.3. The molecule has 2 aromatic rings. The molecule has 1 unspecified atom stereocenters. The molecule has 0 saturated carbocycles. The van der Waals surface area contributed by atoms with Crippen molar-refractivity contribution < 1.29 is 9.13 Å². The summed E-state index contributed by atoms with van der Waals surface area (Å²) in [5.74, 6) is 0.943. The Hall–Kier alpha value is -1.54. The van der Waals surface area contributed by atoms with E-state index in [1.54, 1.807) is 0 Å². The van der Waals surface area contributed by atoms with Gasteiger partial charge in [-0.15, -0.1) is 11.6 Å². The average molecular weight is 305 g/mol. The lowest BCUT2D eigenvalue weighted by atomic mass is 9.83. The minimum atomic E-state index is -0.299. The Morgan fingerprint density at radius 2 is 2.05 bits per heavy atom. The standard InChI is InChI=1S/C18H18ClFO/c19-11-13-8-16(20)10-17(9-13)21-12-15-6-3-5-14-4-1-2-7-18(14)15/h1-2,4,7-10,15H,3,5-6,11-12H2. The molecule has 3 rings (SSSR count). The van der Waals surface area contributed by atoms with E-state index < -0.39 is 0 Å². The Balaban J connectivity index is 1.73. The molecule has 0 saturated heterocycles. The van der Waals surface area contributed by atoms with Gasteiger partial charge in [-0.2, -0.15) is 0 Å². The summed E-state index contributed by atoms with van der Waals surface area (Å²) in [6, 6.07) is 13.2. The fourth-order valence-electron chi connectivity index (χ4n) is 3.01. The van der Waals surface area contributed by atoms with Crippen molar-refractivity contribution in [2.45, 2.75) is 31.1 Å². The number of halogens is 2. The van der Waals surface area contributed by atoms with Gasteiger partial charge in [0.2, 0.25) is 0 Å². The van der Waals surface area contributed by atoms with Crippen LogP contribution in [-0.4, -0.2) is 6.61 Å². The highest BCUT2D eigenvalue weighted by Gasteiger charge is 2.20. The van der Waals surface area contributed by atoms with E-state index in [1.807, 2.05) is 6.07 Å². The van der Waals surface area contributed by atoms with Gasteiger partial charge in [-0.05, 0) is 48.1 Å². The van der Waals surface area contributed by atoms with Crippen molar-refractivity contribution >= 4 is 11.6 Å². The highest BCUT2D eigenvalue weighted by molar-refractivity contribution is 6.17. The molecule has 21 heavy (non-hydrogen) atoms. The van der Waals surface area contributed by atoms with Crippen LogP contribution < -0.4 is 4.74 Å². The Morgan fingerprint density at radius 1 is 1.19 bits per heavy atom. The van der Waals surface area contributed by atoms with Gasteiger partial charge >= 0.3 is 0 Å². The lowest BCUT2D eigenvalue weighted by molar-refractivity contribution is 0.273. The van der Waals surface area contributed by atoms with E-state index in [1.165, 1.54) is 29.7 Å². The molecule has 2 aromatic carbocycles. The molecule has 0 heterocycles. The first-order valence-corrected chi connectivity index (χ1v) is 7.86. The maximum Gasteiger partial charge on any atom is 0.127 e. The molecule has 0 bridgehead atoms. The largest absolute Gasteiger partial charge is 0.493 e. The molecule has 0 radical (unpaired) electrons. The van der Waals surface area contributed by atoms with Crippen molar-refractivity contribution in [3.8, 4) is 5.75 Å². The Labute approximate surface area is 129 Å². The third-order valence-electron chi connectivity index (χ3n) is 4.03. The second kappa shape index (κ2) is 6.48. The van der Waals surface area contributed by atoms with E-state index in [0.29, 0.717) is 24.2 Å². The minimum absolute atomic E-state index is 0.292. The molecule has 0 aromatic heterocycles. The van der Waals surface area contributed by atoms with Gasteiger partial charge in [0.15, 0.2) is 0 Å². The van der Waals surface area contributed by atoms with E-state index >= 15 is 0 Å². The van der Waals surface area contributed by atoms with Gasteiger partial charge in [0.1, 0.15) is 11.6 Å². The first-order chi connectivity index (χ1) is 10.3. The van der Waals surface area contributed by atoms with E-state index in [0.717, 1.165) is 18.4 Å². The number of aryl methyl sites for hydroxylation is 1. The van der Waals surface area contributed by atoms with Crippen LogP contribution in [0.25, 0.3) is 0 Å². The Bertz CT molecular complexity index is 626. The first kappa shape index (κ1) is 14.4. The monoisotopic (exact) mass is 304 g/mol. The number of rotatable bonds is 4. The summed E-state index contributed by atoms with van der Waals surface area (Å²) in [5.41, 5.74) is 3.53. The molecule has 1 aliphatic carbocycles. The van der Waals surface area contributed by atoms with Crippen molar-refractivity contribution in [1.82, 2.24) is 0 Å². The van der Waals surface area contributed by atoms with Crippen molar-refractivity contribution in [2.24, 2.45) is 0 Å². The molecule has 0 spiro atoms. The summed E-state index contributed by atoms with van der Waals surface area (Å²) in [5, 5.41) is 0. The molecule has 1 atom stereocenters. The van der Waals surface area contributed by atoms with Gasteiger partial charge in [-0.1, -0.05) is 24.3 Å². The molecular formula is C18H18ClFO. The molecule has 0 N–H and O–H groups in total. The van der Waals surface area contributed by atoms with Gasteiger partial charge in [0, 0.05) is 17.9 Å². The fourth-order valence-corrected chi connectivity index (χ4v) is 3.16. The molecule has 0 amide bonds. The number of alkyl halides is 1. The summed E-state index contributed by atoms with van der Waals surface area (Å²) in [4.78, 5) is 0. The lowest BCUT2D eigenvalue weighted by Gasteiger charge is -2.25. The van der Waals surface area contributed by atoms with Crippen LogP contribution >= 0.6 is 11.6 Å². The van der Waals surface area contributed by atoms with Crippen LogP contribution in [0.5, 0.6) is 5.75 Å². The highest BCUT2D eigenvalue weighted by atomic mass is 35.5. The van der Waals surface area contributed by atoms with Gasteiger partial charge < -0.3 is 4.74 Å². The van der Waals surface area contributed by atoms with Crippen LogP contribution in [0, 0.1) is 5.82 Å². The van der Waals surface area contributed by atoms with Crippen LogP contribution in [0.15, 0.2) is 42.5 Å². The molecule has 1 aliphatic rings. The van der Waals surface area contributed by atoms with Crippen LogP contribution in [-0.2, 0) is 12.3 Å². The number of benzene rings is 2.